The van der Waals surface area contributed by atoms with Crippen LogP contribution in [0.5, 0.6) is 5.75 Å². The van der Waals surface area contributed by atoms with E-state index in [0.29, 0.717) is 15.6 Å². The summed E-state index contributed by atoms with van der Waals surface area (Å²) in [5, 5.41) is 4.87. The Balaban J connectivity index is 1.54. The van der Waals surface area contributed by atoms with Gasteiger partial charge in [-0.3, -0.25) is 9.69 Å². The van der Waals surface area contributed by atoms with Gasteiger partial charge < -0.3 is 4.74 Å². The first-order chi connectivity index (χ1) is 17.6. The molecule has 1 amide bonds. The summed E-state index contributed by atoms with van der Waals surface area (Å²) in [6.45, 7) is 5.98. The van der Waals surface area contributed by atoms with Gasteiger partial charge in [0.15, 0.2) is 9.84 Å². The molecule has 2 fully saturated rings. The van der Waals surface area contributed by atoms with Gasteiger partial charge in [0.05, 0.1) is 34.2 Å². The fraction of sp³-hybridized carbons (Fsp3) is 0.296. The number of nitrogens with zero attached hydrogens (tertiary/aromatic N) is 3. The topological polar surface area (TPSA) is 81.5 Å². The molecule has 2 aliphatic heterocycles. The minimum absolute atomic E-state index is 0.0476. The molecule has 7 nitrogen and oxygen atoms in total. The number of ether oxygens (including phenoxy) is 1. The number of para-hydroxylation sites is 1. The minimum atomic E-state index is -3.15. The van der Waals surface area contributed by atoms with E-state index in [-0.39, 0.29) is 23.5 Å². The lowest BCUT2D eigenvalue weighted by atomic mass is 10.0. The zero-order chi connectivity index (χ0) is 26.3. The smallest absolute Gasteiger partial charge is 0.266 e. The SMILES string of the molecule is Cc1cc(-c2nn(-c3ccccc3)cc2/C=C2/SC(=S)N([C@H]3CCS(=O)(=O)C3)C2=O)ccc1OC(C)C. The summed E-state index contributed by atoms with van der Waals surface area (Å²) < 4.78 is 32.1. The fourth-order valence-corrected chi connectivity index (χ4v) is 7.62. The van der Waals surface area contributed by atoms with Crippen LogP contribution in [-0.2, 0) is 14.6 Å². The molecule has 0 saturated carbocycles. The normalized spacial score (nSPS) is 20.4. The van der Waals surface area contributed by atoms with E-state index < -0.39 is 15.9 Å². The standard InChI is InChI=1S/C27H27N3O4S3/c1-17(2)34-23-10-9-19(13-18(23)3)25-20(15-29(28-25)21-7-5-4-6-8-21)14-24-26(31)30(27(35)36-24)22-11-12-37(32,33)16-22/h4-10,13-15,17,22H,11-12,16H2,1-3H3/b24-14+/t22-/m0/s1. The van der Waals surface area contributed by atoms with Crippen LogP contribution in [0.15, 0.2) is 59.6 Å². The third kappa shape index (κ3) is 5.37. The number of rotatable bonds is 6. The molecule has 10 heteroatoms. The van der Waals surface area contributed by atoms with Crippen molar-refractivity contribution in [3.8, 4) is 22.7 Å². The molecule has 0 unspecified atom stereocenters. The van der Waals surface area contributed by atoms with Crippen molar-refractivity contribution in [2.45, 2.75) is 39.3 Å². The van der Waals surface area contributed by atoms with Crippen LogP contribution >= 0.6 is 24.0 Å². The van der Waals surface area contributed by atoms with Gasteiger partial charge in [0.2, 0.25) is 0 Å². The number of hydrogen-bond donors (Lipinski definition) is 0. The highest BCUT2D eigenvalue weighted by molar-refractivity contribution is 8.26. The molecule has 0 radical (unpaired) electrons. The Morgan fingerprint density at radius 3 is 2.59 bits per heavy atom. The molecule has 1 atom stereocenters. The first-order valence-corrected chi connectivity index (χ1v) is 15.1. The van der Waals surface area contributed by atoms with Crippen LogP contribution < -0.4 is 4.74 Å². The van der Waals surface area contributed by atoms with Gasteiger partial charge in [-0.05, 0) is 69.2 Å². The number of benzene rings is 2. The number of sulfone groups is 1. The average molecular weight is 554 g/mol. The summed E-state index contributed by atoms with van der Waals surface area (Å²) in [5.41, 5.74) is 4.26. The van der Waals surface area contributed by atoms with E-state index in [1.165, 1.54) is 16.7 Å². The van der Waals surface area contributed by atoms with E-state index in [1.54, 1.807) is 10.8 Å². The Morgan fingerprint density at radius 2 is 1.95 bits per heavy atom. The highest BCUT2D eigenvalue weighted by Gasteiger charge is 2.42. The van der Waals surface area contributed by atoms with Gasteiger partial charge in [-0.25, -0.2) is 13.1 Å². The molecule has 37 heavy (non-hydrogen) atoms. The Labute approximate surface area is 226 Å². The third-order valence-electron chi connectivity index (χ3n) is 6.26. The van der Waals surface area contributed by atoms with Crippen LogP contribution in [0.2, 0.25) is 0 Å². The molecule has 0 bridgehead atoms. The van der Waals surface area contributed by atoms with E-state index in [2.05, 4.69) is 0 Å². The lowest BCUT2D eigenvalue weighted by Gasteiger charge is -2.20. The van der Waals surface area contributed by atoms with Crippen molar-refractivity contribution in [3.63, 3.8) is 0 Å². The molecule has 0 aliphatic carbocycles. The second-order valence-electron chi connectivity index (χ2n) is 9.47. The van der Waals surface area contributed by atoms with Crippen LogP contribution in [0.4, 0.5) is 0 Å². The molecule has 192 valence electrons. The molecule has 2 saturated heterocycles. The van der Waals surface area contributed by atoms with Crippen LogP contribution in [0.1, 0.15) is 31.4 Å². The van der Waals surface area contributed by atoms with E-state index in [4.69, 9.17) is 22.1 Å². The van der Waals surface area contributed by atoms with Gasteiger partial charge in [0.25, 0.3) is 5.91 Å². The van der Waals surface area contributed by atoms with Crippen molar-refractivity contribution in [1.82, 2.24) is 14.7 Å². The number of aromatic nitrogens is 2. The molecule has 1 aromatic heterocycles. The van der Waals surface area contributed by atoms with E-state index in [0.717, 1.165) is 33.8 Å². The number of thiocarbonyl (C=S) groups is 1. The third-order valence-corrected chi connectivity index (χ3v) is 9.34. The average Bonchev–Trinajstić information content (AvgIpc) is 3.51. The molecular formula is C27H27N3O4S3. The maximum atomic E-state index is 13.4. The lowest BCUT2D eigenvalue weighted by molar-refractivity contribution is -0.123. The number of carbonyl (C=O) groups is 1. The number of thioether (sulfide) groups is 1. The quantitative estimate of drug-likeness (QED) is 0.313. The van der Waals surface area contributed by atoms with Gasteiger partial charge in [-0.2, -0.15) is 5.10 Å². The van der Waals surface area contributed by atoms with E-state index >= 15 is 0 Å². The predicted molar refractivity (Wildman–Crippen MR) is 152 cm³/mol. The van der Waals surface area contributed by atoms with Gasteiger partial charge in [0, 0.05) is 17.3 Å². The van der Waals surface area contributed by atoms with Crippen molar-refractivity contribution >= 4 is 50.1 Å². The largest absolute Gasteiger partial charge is 0.491 e. The number of amides is 1. The van der Waals surface area contributed by atoms with Crippen LogP contribution in [0, 0.1) is 6.92 Å². The predicted octanol–water partition coefficient (Wildman–Crippen LogP) is 5.02. The van der Waals surface area contributed by atoms with Crippen molar-refractivity contribution in [3.05, 3.63) is 70.8 Å². The maximum Gasteiger partial charge on any atom is 0.266 e. The first kappa shape index (κ1) is 25.7. The molecule has 2 aromatic carbocycles. The second-order valence-corrected chi connectivity index (χ2v) is 13.4. The number of hydrogen-bond acceptors (Lipinski definition) is 7. The Bertz CT molecular complexity index is 1510. The second kappa shape index (κ2) is 10.1. The highest BCUT2D eigenvalue weighted by Crippen LogP contribution is 2.38. The van der Waals surface area contributed by atoms with Crippen LogP contribution in [-0.4, -0.2) is 57.0 Å². The van der Waals surface area contributed by atoms with Crippen molar-refractivity contribution < 1.29 is 17.9 Å². The Morgan fingerprint density at radius 1 is 1.19 bits per heavy atom. The van der Waals surface area contributed by atoms with Crippen molar-refractivity contribution in [2.75, 3.05) is 11.5 Å². The monoisotopic (exact) mass is 553 g/mol. The molecule has 5 rings (SSSR count). The van der Waals surface area contributed by atoms with Gasteiger partial charge in [-0.1, -0.05) is 42.2 Å². The van der Waals surface area contributed by atoms with Crippen LogP contribution in [0.3, 0.4) is 0 Å². The van der Waals surface area contributed by atoms with Gasteiger partial charge in [0.1, 0.15) is 15.8 Å². The summed E-state index contributed by atoms with van der Waals surface area (Å²) in [6, 6.07) is 15.3. The summed E-state index contributed by atoms with van der Waals surface area (Å²) in [5.74, 6) is 0.591. The zero-order valence-corrected chi connectivity index (χ0v) is 23.2. The van der Waals surface area contributed by atoms with Crippen molar-refractivity contribution in [1.29, 1.82) is 0 Å². The Kier molecular flexibility index (Phi) is 6.99. The summed E-state index contributed by atoms with van der Waals surface area (Å²) in [7, 11) is -3.15. The minimum Gasteiger partial charge on any atom is -0.491 e. The van der Waals surface area contributed by atoms with E-state index in [9.17, 15) is 13.2 Å². The zero-order valence-electron chi connectivity index (χ0n) is 20.7. The molecular weight excluding hydrogens is 527 g/mol. The molecule has 3 aromatic rings. The Hall–Kier alpha value is -2.95. The highest BCUT2D eigenvalue weighted by atomic mass is 32.2. The maximum absolute atomic E-state index is 13.4. The first-order valence-electron chi connectivity index (χ1n) is 12.0. The van der Waals surface area contributed by atoms with Gasteiger partial charge >= 0.3 is 0 Å². The van der Waals surface area contributed by atoms with Crippen molar-refractivity contribution in [2.24, 2.45) is 0 Å². The van der Waals surface area contributed by atoms with Crippen LogP contribution in [0.25, 0.3) is 23.0 Å². The fourth-order valence-electron chi connectivity index (χ4n) is 4.53. The molecule has 3 heterocycles. The molecule has 2 aliphatic rings. The number of aryl methyl sites for hydroxylation is 1. The lowest BCUT2D eigenvalue weighted by Crippen LogP contribution is -2.39. The van der Waals surface area contributed by atoms with Gasteiger partial charge in [-0.15, -0.1) is 0 Å². The molecule has 0 spiro atoms. The van der Waals surface area contributed by atoms with E-state index in [1.807, 2.05) is 75.5 Å². The summed E-state index contributed by atoms with van der Waals surface area (Å²) >= 11 is 6.70. The number of carbonyl (C=O) groups excluding carboxylic acids is 1. The molecule has 0 N–H and O–H groups in total. The summed E-state index contributed by atoms with van der Waals surface area (Å²) in [4.78, 5) is 15.3. The summed E-state index contributed by atoms with van der Waals surface area (Å²) in [6.07, 6.45) is 4.17.